The Hall–Kier alpha value is -2.48. The van der Waals surface area contributed by atoms with Gasteiger partial charge in [-0.1, -0.05) is 42.1 Å². The zero-order valence-corrected chi connectivity index (χ0v) is 14.4. The maximum absolute atomic E-state index is 13.5. The Bertz CT molecular complexity index is 986. The van der Waals surface area contributed by atoms with Crippen molar-refractivity contribution in [2.45, 2.75) is 30.3 Å². The molecule has 3 aromatic rings. The fraction of sp³-hybridized carbons (Fsp3) is 0.278. The molecule has 0 spiro atoms. The van der Waals surface area contributed by atoms with E-state index in [1.807, 2.05) is 30.3 Å². The van der Waals surface area contributed by atoms with Crippen LogP contribution in [0, 0.1) is 0 Å². The van der Waals surface area contributed by atoms with Crippen molar-refractivity contribution in [3.05, 3.63) is 47.8 Å². The van der Waals surface area contributed by atoms with Crippen molar-refractivity contribution in [1.82, 2.24) is 14.8 Å². The first kappa shape index (κ1) is 17.0. The van der Waals surface area contributed by atoms with Crippen molar-refractivity contribution < 1.29 is 18.7 Å². The van der Waals surface area contributed by atoms with Gasteiger partial charge in [0.2, 0.25) is 5.82 Å². The minimum Gasteiger partial charge on any atom is -0.481 e. The van der Waals surface area contributed by atoms with Crippen LogP contribution in [0.4, 0.5) is 8.78 Å². The molecule has 8 heteroatoms. The minimum atomic E-state index is -2.82. The summed E-state index contributed by atoms with van der Waals surface area (Å²) in [5.41, 5.74) is 1.76. The summed E-state index contributed by atoms with van der Waals surface area (Å²) < 4.78 is 28.3. The lowest BCUT2D eigenvalue weighted by molar-refractivity contribution is -0.133. The molecule has 0 amide bonds. The molecule has 1 heterocycles. The van der Waals surface area contributed by atoms with Crippen LogP contribution in [0.15, 0.2) is 41.6 Å². The van der Waals surface area contributed by atoms with Crippen molar-refractivity contribution in [1.29, 1.82) is 0 Å². The quantitative estimate of drug-likeness (QED) is 0.646. The molecule has 1 aromatic heterocycles. The van der Waals surface area contributed by atoms with E-state index in [0.29, 0.717) is 11.6 Å². The predicted molar refractivity (Wildman–Crippen MR) is 94.2 cm³/mol. The number of thioether (sulfide) groups is 1. The SMILES string of the molecule is O=C(O)CSc1nnc(C(F)F)n1-c1ccc(C2CC2)c2ccccc12. The first-order valence-electron chi connectivity index (χ1n) is 8.16. The standard InChI is InChI=1S/C18H15F2N3O2S/c19-16(20)17-21-22-18(26-9-15(24)25)23(17)14-8-7-11(10-5-6-10)12-3-1-2-4-13(12)14/h1-4,7-8,10,16H,5-6,9H2,(H,24,25). The lowest BCUT2D eigenvalue weighted by Gasteiger charge is -2.14. The number of fused-ring (bicyclic) bond motifs is 1. The van der Waals surface area contributed by atoms with Crippen LogP contribution in [0.1, 0.15) is 36.6 Å². The molecule has 0 saturated heterocycles. The van der Waals surface area contributed by atoms with Crippen LogP contribution in [0.25, 0.3) is 16.5 Å². The Balaban J connectivity index is 1.91. The summed E-state index contributed by atoms with van der Waals surface area (Å²) in [4.78, 5) is 10.9. The maximum Gasteiger partial charge on any atom is 0.313 e. The van der Waals surface area contributed by atoms with E-state index in [-0.39, 0.29) is 10.9 Å². The van der Waals surface area contributed by atoms with Crippen LogP contribution in [-0.2, 0) is 4.79 Å². The molecule has 1 fully saturated rings. The van der Waals surface area contributed by atoms with Gasteiger partial charge in [0.05, 0.1) is 11.4 Å². The predicted octanol–water partition coefficient (Wildman–Crippen LogP) is 4.41. The first-order valence-corrected chi connectivity index (χ1v) is 9.15. The number of alkyl halides is 2. The molecule has 5 nitrogen and oxygen atoms in total. The monoisotopic (exact) mass is 375 g/mol. The van der Waals surface area contributed by atoms with Gasteiger partial charge in [-0.15, -0.1) is 10.2 Å². The minimum absolute atomic E-state index is 0.145. The van der Waals surface area contributed by atoms with Crippen molar-refractivity contribution in [3.8, 4) is 5.69 Å². The molecule has 4 rings (SSSR count). The molecule has 1 aliphatic carbocycles. The van der Waals surface area contributed by atoms with E-state index in [9.17, 15) is 13.6 Å². The summed E-state index contributed by atoms with van der Waals surface area (Å²) in [7, 11) is 0. The van der Waals surface area contributed by atoms with Gasteiger partial charge >= 0.3 is 5.97 Å². The second kappa shape index (κ2) is 6.68. The molecule has 26 heavy (non-hydrogen) atoms. The summed E-state index contributed by atoms with van der Waals surface area (Å²) in [6, 6.07) is 11.4. The summed E-state index contributed by atoms with van der Waals surface area (Å²) in [6.45, 7) is 0. The number of benzene rings is 2. The number of hydrogen-bond donors (Lipinski definition) is 1. The van der Waals surface area contributed by atoms with Gasteiger partial charge in [0.1, 0.15) is 0 Å². The van der Waals surface area contributed by atoms with Crippen LogP contribution in [-0.4, -0.2) is 31.6 Å². The average Bonchev–Trinajstić information content (AvgIpc) is 3.38. The third-order valence-electron chi connectivity index (χ3n) is 4.37. The second-order valence-corrected chi connectivity index (χ2v) is 7.10. The number of hydrogen-bond acceptors (Lipinski definition) is 4. The van der Waals surface area contributed by atoms with E-state index >= 15 is 0 Å². The highest BCUT2D eigenvalue weighted by molar-refractivity contribution is 7.99. The van der Waals surface area contributed by atoms with Gasteiger partial charge in [0.25, 0.3) is 6.43 Å². The van der Waals surface area contributed by atoms with E-state index in [4.69, 9.17) is 5.11 Å². The summed E-state index contributed by atoms with van der Waals surface area (Å²) in [5, 5.41) is 18.3. The van der Waals surface area contributed by atoms with E-state index in [1.165, 1.54) is 10.1 Å². The normalized spacial score (nSPS) is 14.3. The highest BCUT2D eigenvalue weighted by Gasteiger charge is 2.28. The fourth-order valence-corrected chi connectivity index (χ4v) is 3.79. The van der Waals surface area contributed by atoms with Crippen molar-refractivity contribution in [3.63, 3.8) is 0 Å². The number of halogens is 2. The maximum atomic E-state index is 13.5. The van der Waals surface area contributed by atoms with Gasteiger partial charge in [-0.05, 0) is 35.8 Å². The van der Waals surface area contributed by atoms with Gasteiger partial charge in [0, 0.05) is 5.39 Å². The number of nitrogens with zero attached hydrogens (tertiary/aromatic N) is 3. The Morgan fingerprint density at radius 1 is 1.19 bits per heavy atom. The van der Waals surface area contributed by atoms with E-state index in [1.54, 1.807) is 6.07 Å². The highest BCUT2D eigenvalue weighted by Crippen LogP contribution is 2.44. The second-order valence-electron chi connectivity index (χ2n) is 6.15. The van der Waals surface area contributed by atoms with E-state index < -0.39 is 18.2 Å². The molecule has 0 bridgehead atoms. The molecule has 0 aliphatic heterocycles. The highest BCUT2D eigenvalue weighted by atomic mass is 32.2. The Morgan fingerprint density at radius 2 is 1.92 bits per heavy atom. The third-order valence-corrected chi connectivity index (χ3v) is 5.28. The lowest BCUT2D eigenvalue weighted by Crippen LogP contribution is -2.06. The molecule has 134 valence electrons. The Labute approximate surface area is 152 Å². The summed E-state index contributed by atoms with van der Waals surface area (Å²) >= 11 is 0.876. The number of aliphatic carboxylic acids is 1. The van der Waals surface area contributed by atoms with Crippen LogP contribution in [0.3, 0.4) is 0 Å². The molecule has 1 aliphatic rings. The van der Waals surface area contributed by atoms with Crippen LogP contribution < -0.4 is 0 Å². The van der Waals surface area contributed by atoms with Crippen molar-refractivity contribution >= 4 is 28.5 Å². The van der Waals surface area contributed by atoms with Gasteiger partial charge in [-0.3, -0.25) is 9.36 Å². The average molecular weight is 375 g/mol. The Kier molecular flexibility index (Phi) is 4.36. The first-order chi connectivity index (χ1) is 12.6. The van der Waals surface area contributed by atoms with Crippen molar-refractivity contribution in [2.24, 2.45) is 0 Å². The number of carboxylic acid groups (broad SMARTS) is 1. The zero-order valence-electron chi connectivity index (χ0n) is 13.6. The number of aromatic nitrogens is 3. The molecule has 2 aromatic carbocycles. The number of carbonyl (C=O) groups is 1. The largest absolute Gasteiger partial charge is 0.481 e. The third kappa shape index (κ3) is 3.05. The van der Waals surface area contributed by atoms with Gasteiger partial charge in [0.15, 0.2) is 5.16 Å². The lowest BCUT2D eigenvalue weighted by atomic mass is 9.99. The summed E-state index contributed by atoms with van der Waals surface area (Å²) in [5.74, 6) is -1.29. The number of carboxylic acids is 1. The Morgan fingerprint density at radius 3 is 2.58 bits per heavy atom. The topological polar surface area (TPSA) is 68.0 Å². The molecular formula is C18H15F2N3O2S. The van der Waals surface area contributed by atoms with Crippen LogP contribution in [0.2, 0.25) is 0 Å². The van der Waals surface area contributed by atoms with E-state index in [2.05, 4.69) is 10.2 Å². The molecule has 1 saturated carbocycles. The molecule has 0 atom stereocenters. The van der Waals surface area contributed by atoms with Gasteiger partial charge in [-0.2, -0.15) is 0 Å². The van der Waals surface area contributed by atoms with Gasteiger partial charge < -0.3 is 5.11 Å². The molecular weight excluding hydrogens is 360 g/mol. The van der Waals surface area contributed by atoms with Crippen LogP contribution >= 0.6 is 11.8 Å². The van der Waals surface area contributed by atoms with Crippen molar-refractivity contribution in [2.75, 3.05) is 5.75 Å². The van der Waals surface area contributed by atoms with E-state index in [0.717, 1.165) is 35.4 Å². The fourth-order valence-electron chi connectivity index (χ4n) is 3.12. The molecule has 1 N–H and O–H groups in total. The molecule has 0 radical (unpaired) electrons. The number of rotatable bonds is 6. The smallest absolute Gasteiger partial charge is 0.313 e. The molecule has 0 unspecified atom stereocenters. The van der Waals surface area contributed by atoms with Crippen LogP contribution in [0.5, 0.6) is 0 Å². The zero-order chi connectivity index (χ0) is 18.3. The summed E-state index contributed by atoms with van der Waals surface area (Å²) in [6.07, 6.45) is -0.542. The van der Waals surface area contributed by atoms with Gasteiger partial charge in [-0.25, -0.2) is 8.78 Å².